The number of aliphatic hydroxyl groups is 2. The number of hydrogen-bond donors (Lipinski definition) is 2. The van der Waals surface area contributed by atoms with Crippen LogP contribution >= 0.6 is 0 Å². The first-order valence-corrected chi connectivity index (χ1v) is 7.39. The first-order chi connectivity index (χ1) is 8.87. The predicted octanol–water partition coefficient (Wildman–Crippen LogP) is 0.276. The van der Waals surface area contributed by atoms with E-state index in [0.717, 1.165) is 9.87 Å². The maximum Gasteiger partial charge on any atom is 0.243 e. The molecule has 1 aliphatic heterocycles. The zero-order chi connectivity index (χ0) is 14.2. The fourth-order valence-electron chi connectivity index (χ4n) is 2.17. The Morgan fingerprint density at radius 1 is 1.32 bits per heavy atom. The Labute approximate surface area is 112 Å². The molecule has 6 heteroatoms. The third-order valence-electron chi connectivity index (χ3n) is 3.31. The standard InChI is InChI=1S/C13H17NO4S/c1-3-11-13(16)12(15)8-14(11)19(17,18)10-6-4-9(2)5-7-10/h3-7,11-13,15-16H,1,8H2,2H3. The molecule has 2 rings (SSSR count). The normalized spacial score (nSPS) is 28.5. The molecule has 0 spiro atoms. The van der Waals surface area contributed by atoms with Gasteiger partial charge in [-0.25, -0.2) is 8.42 Å². The lowest BCUT2D eigenvalue weighted by molar-refractivity contribution is 0.0472. The zero-order valence-corrected chi connectivity index (χ0v) is 11.4. The van der Waals surface area contributed by atoms with Crippen molar-refractivity contribution in [3.63, 3.8) is 0 Å². The number of benzene rings is 1. The van der Waals surface area contributed by atoms with Crippen LogP contribution in [0.25, 0.3) is 0 Å². The average Bonchev–Trinajstić information content (AvgIpc) is 2.66. The number of sulfonamides is 1. The fourth-order valence-corrected chi connectivity index (χ4v) is 3.80. The second-order valence-electron chi connectivity index (χ2n) is 4.67. The van der Waals surface area contributed by atoms with Crippen LogP contribution in [-0.4, -0.2) is 47.7 Å². The first kappa shape index (κ1) is 14.2. The predicted molar refractivity (Wildman–Crippen MR) is 71.1 cm³/mol. The summed E-state index contributed by atoms with van der Waals surface area (Å²) >= 11 is 0. The molecule has 0 aromatic heterocycles. The summed E-state index contributed by atoms with van der Waals surface area (Å²) in [5, 5.41) is 19.4. The molecule has 0 aliphatic carbocycles. The maximum atomic E-state index is 12.5. The van der Waals surface area contributed by atoms with Crippen molar-refractivity contribution in [3.05, 3.63) is 42.5 Å². The van der Waals surface area contributed by atoms with Crippen molar-refractivity contribution in [2.45, 2.75) is 30.1 Å². The molecule has 0 bridgehead atoms. The molecule has 0 saturated carbocycles. The highest BCUT2D eigenvalue weighted by atomic mass is 32.2. The van der Waals surface area contributed by atoms with Crippen LogP contribution < -0.4 is 0 Å². The molecule has 0 amide bonds. The van der Waals surface area contributed by atoms with E-state index < -0.39 is 28.3 Å². The van der Waals surface area contributed by atoms with Gasteiger partial charge in [0.15, 0.2) is 0 Å². The number of aliphatic hydroxyl groups excluding tert-OH is 2. The van der Waals surface area contributed by atoms with Crippen LogP contribution in [0.2, 0.25) is 0 Å². The third kappa shape index (κ3) is 2.44. The van der Waals surface area contributed by atoms with E-state index in [9.17, 15) is 18.6 Å². The highest BCUT2D eigenvalue weighted by molar-refractivity contribution is 7.89. The molecular weight excluding hydrogens is 266 g/mol. The van der Waals surface area contributed by atoms with Crippen LogP contribution in [0.4, 0.5) is 0 Å². The van der Waals surface area contributed by atoms with Gasteiger partial charge >= 0.3 is 0 Å². The molecule has 1 saturated heterocycles. The minimum absolute atomic E-state index is 0.131. The second-order valence-corrected chi connectivity index (χ2v) is 6.56. The van der Waals surface area contributed by atoms with Gasteiger partial charge in [0, 0.05) is 6.54 Å². The summed E-state index contributed by atoms with van der Waals surface area (Å²) in [5.74, 6) is 0. The summed E-state index contributed by atoms with van der Waals surface area (Å²) in [6, 6.07) is 5.64. The van der Waals surface area contributed by atoms with Crippen molar-refractivity contribution in [1.29, 1.82) is 0 Å². The Hall–Kier alpha value is -1.21. The van der Waals surface area contributed by atoms with Gasteiger partial charge in [-0.1, -0.05) is 23.8 Å². The minimum atomic E-state index is -3.74. The Balaban J connectivity index is 2.39. The van der Waals surface area contributed by atoms with Gasteiger partial charge in [0.1, 0.15) is 6.10 Å². The van der Waals surface area contributed by atoms with Gasteiger partial charge in [-0.05, 0) is 19.1 Å². The van der Waals surface area contributed by atoms with Gasteiger partial charge in [0.05, 0.1) is 17.0 Å². The fraction of sp³-hybridized carbons (Fsp3) is 0.385. The highest BCUT2D eigenvalue weighted by Gasteiger charge is 2.44. The average molecular weight is 283 g/mol. The van der Waals surface area contributed by atoms with E-state index in [1.807, 2.05) is 6.92 Å². The molecule has 1 heterocycles. The molecule has 1 aromatic rings. The third-order valence-corrected chi connectivity index (χ3v) is 5.19. The molecule has 1 fully saturated rings. The van der Waals surface area contributed by atoms with Gasteiger partial charge in [0.2, 0.25) is 10.0 Å². The van der Waals surface area contributed by atoms with E-state index in [-0.39, 0.29) is 11.4 Å². The van der Waals surface area contributed by atoms with Crippen LogP contribution in [0.3, 0.4) is 0 Å². The Bertz CT molecular complexity index is 567. The van der Waals surface area contributed by atoms with Gasteiger partial charge in [0.25, 0.3) is 0 Å². The molecule has 3 unspecified atom stereocenters. The number of hydrogen-bond acceptors (Lipinski definition) is 4. The van der Waals surface area contributed by atoms with Crippen molar-refractivity contribution in [1.82, 2.24) is 4.31 Å². The van der Waals surface area contributed by atoms with Gasteiger partial charge < -0.3 is 10.2 Å². The number of β-amino-alcohol motifs (C(OH)–C–C–N with tert-alkyl or cyclic N) is 1. The lowest BCUT2D eigenvalue weighted by Gasteiger charge is -2.22. The van der Waals surface area contributed by atoms with Crippen molar-refractivity contribution >= 4 is 10.0 Å². The molecule has 3 atom stereocenters. The SMILES string of the molecule is C=CC1C(O)C(O)CN1S(=O)(=O)c1ccc(C)cc1. The van der Waals surface area contributed by atoms with Gasteiger partial charge in [-0.15, -0.1) is 6.58 Å². The topological polar surface area (TPSA) is 77.8 Å². The quantitative estimate of drug-likeness (QED) is 0.781. The largest absolute Gasteiger partial charge is 0.389 e. The molecule has 19 heavy (non-hydrogen) atoms. The van der Waals surface area contributed by atoms with E-state index in [1.165, 1.54) is 18.2 Å². The van der Waals surface area contributed by atoms with Crippen molar-refractivity contribution in [3.8, 4) is 0 Å². The van der Waals surface area contributed by atoms with Crippen LogP contribution in [0, 0.1) is 6.92 Å². The van der Waals surface area contributed by atoms with E-state index >= 15 is 0 Å². The molecule has 0 radical (unpaired) electrons. The number of aryl methyl sites for hydroxylation is 1. The van der Waals surface area contributed by atoms with E-state index in [0.29, 0.717) is 0 Å². The highest BCUT2D eigenvalue weighted by Crippen LogP contribution is 2.27. The van der Waals surface area contributed by atoms with Crippen LogP contribution in [0.1, 0.15) is 5.56 Å². The molecule has 104 valence electrons. The molecule has 1 aromatic carbocycles. The summed E-state index contributed by atoms with van der Waals surface area (Å²) < 4.78 is 26.0. The second kappa shape index (κ2) is 5.05. The summed E-state index contributed by atoms with van der Waals surface area (Å²) in [7, 11) is -3.74. The Kier molecular flexibility index (Phi) is 3.78. The summed E-state index contributed by atoms with van der Waals surface area (Å²) in [6.45, 7) is 5.26. The lowest BCUT2D eigenvalue weighted by Crippen LogP contribution is -2.38. The van der Waals surface area contributed by atoms with Crippen molar-refractivity contribution < 1.29 is 18.6 Å². The minimum Gasteiger partial charge on any atom is -0.389 e. The summed E-state index contributed by atoms with van der Waals surface area (Å²) in [6.07, 6.45) is -0.895. The van der Waals surface area contributed by atoms with Crippen molar-refractivity contribution in [2.24, 2.45) is 0 Å². The molecular formula is C13H17NO4S. The monoisotopic (exact) mass is 283 g/mol. The molecule has 1 aliphatic rings. The molecule has 5 nitrogen and oxygen atoms in total. The zero-order valence-electron chi connectivity index (χ0n) is 10.6. The Morgan fingerprint density at radius 2 is 1.89 bits per heavy atom. The summed E-state index contributed by atoms with van der Waals surface area (Å²) in [4.78, 5) is 0.145. The first-order valence-electron chi connectivity index (χ1n) is 5.95. The lowest BCUT2D eigenvalue weighted by atomic mass is 10.1. The maximum absolute atomic E-state index is 12.5. The summed E-state index contributed by atoms with van der Waals surface area (Å²) in [5.41, 5.74) is 0.959. The van der Waals surface area contributed by atoms with Crippen molar-refractivity contribution in [2.75, 3.05) is 6.54 Å². The number of rotatable bonds is 3. The smallest absolute Gasteiger partial charge is 0.243 e. The van der Waals surface area contributed by atoms with E-state index in [1.54, 1.807) is 12.1 Å². The van der Waals surface area contributed by atoms with E-state index in [4.69, 9.17) is 0 Å². The van der Waals surface area contributed by atoms with Gasteiger partial charge in [-0.2, -0.15) is 4.31 Å². The van der Waals surface area contributed by atoms with Gasteiger partial charge in [-0.3, -0.25) is 0 Å². The van der Waals surface area contributed by atoms with E-state index in [2.05, 4.69) is 6.58 Å². The van der Waals surface area contributed by atoms with Crippen LogP contribution in [0.5, 0.6) is 0 Å². The Morgan fingerprint density at radius 3 is 2.42 bits per heavy atom. The van der Waals surface area contributed by atoms with Crippen LogP contribution in [0.15, 0.2) is 41.8 Å². The molecule has 2 N–H and O–H groups in total. The van der Waals surface area contributed by atoms with Crippen LogP contribution in [-0.2, 0) is 10.0 Å². The number of nitrogens with zero attached hydrogens (tertiary/aromatic N) is 1.